The summed E-state index contributed by atoms with van der Waals surface area (Å²) in [5.74, 6) is 0.859. The van der Waals surface area contributed by atoms with Gasteiger partial charge in [0.05, 0.1) is 16.9 Å². The largest absolute Gasteiger partial charge is 2.00 e. The summed E-state index contributed by atoms with van der Waals surface area (Å²) < 4.78 is 2.26. The number of fused-ring (bicyclic) bond motifs is 3. The van der Waals surface area contributed by atoms with Crippen molar-refractivity contribution in [1.29, 1.82) is 0 Å². The normalized spacial score (nSPS) is 12.3. The van der Waals surface area contributed by atoms with Crippen molar-refractivity contribution in [3.8, 4) is 28.3 Å². The third-order valence-electron chi connectivity index (χ3n) is 10.7. The summed E-state index contributed by atoms with van der Waals surface area (Å²) in [4.78, 5) is 12.5. The predicted molar refractivity (Wildman–Crippen MR) is 226 cm³/mol. The van der Waals surface area contributed by atoms with E-state index in [2.05, 4.69) is 197 Å². The molecule has 0 atom stereocenters. The van der Waals surface area contributed by atoms with E-state index in [0.29, 0.717) is 0 Å². The molecule has 3 heterocycles. The average Bonchev–Trinajstić information content (AvgIpc) is 3.57. The van der Waals surface area contributed by atoms with E-state index < -0.39 is 0 Å². The minimum atomic E-state index is -0.140. The predicted octanol–water partition coefficient (Wildman–Crippen LogP) is 9.87. The number of imidazole rings is 1. The monoisotopic (exact) mass is 891 g/mol. The molecule has 6 heteroatoms. The average molecular weight is 892 g/mol. The van der Waals surface area contributed by atoms with Gasteiger partial charge in [-0.15, -0.1) is 59.1 Å². The molecule has 55 heavy (non-hydrogen) atoms. The van der Waals surface area contributed by atoms with Crippen LogP contribution in [0, 0.1) is 32.9 Å². The maximum atomic E-state index is 5.25. The van der Waals surface area contributed by atoms with Crippen molar-refractivity contribution in [2.45, 2.75) is 47.0 Å². The second-order valence-corrected chi connectivity index (χ2v) is 15.5. The van der Waals surface area contributed by atoms with Crippen molar-refractivity contribution in [1.82, 2.24) is 14.5 Å². The van der Waals surface area contributed by atoms with E-state index in [4.69, 9.17) is 9.97 Å². The van der Waals surface area contributed by atoms with Crippen molar-refractivity contribution in [3.05, 3.63) is 174 Å². The van der Waals surface area contributed by atoms with E-state index in [1.807, 2.05) is 6.20 Å². The number of benzene rings is 6. The van der Waals surface area contributed by atoms with E-state index in [0.717, 1.165) is 61.7 Å². The van der Waals surface area contributed by atoms with Crippen LogP contribution < -0.4 is 21.3 Å². The zero-order valence-electron chi connectivity index (χ0n) is 32.0. The first-order chi connectivity index (χ1) is 26.2. The Balaban J connectivity index is 0.00000427. The number of hydrogen-bond donors (Lipinski definition) is 0. The fraction of sp³-hybridized carbons (Fsp3) is 0.143. The van der Waals surface area contributed by atoms with Crippen LogP contribution in [0.4, 0.5) is 17.1 Å². The summed E-state index contributed by atoms with van der Waals surface area (Å²) in [5, 5.41) is 0. The van der Waals surface area contributed by atoms with E-state index in [1.54, 1.807) is 0 Å². The molecule has 0 aliphatic carbocycles. The smallest absolute Gasteiger partial charge is 0.352 e. The molecule has 0 amide bonds. The van der Waals surface area contributed by atoms with Gasteiger partial charge in [0.15, 0.2) is 0 Å². The molecular weight excluding hydrogens is 850 g/mol. The Hall–Kier alpha value is -5.51. The molecule has 0 bridgehead atoms. The van der Waals surface area contributed by atoms with E-state index in [1.165, 1.54) is 33.4 Å². The first kappa shape index (κ1) is 36.5. The summed E-state index contributed by atoms with van der Waals surface area (Å²) in [6.07, 6.45) is 1.92. The van der Waals surface area contributed by atoms with Gasteiger partial charge in [0.25, 0.3) is 0 Å². The number of rotatable bonds is 5. The van der Waals surface area contributed by atoms with Crippen LogP contribution in [0.3, 0.4) is 0 Å². The SMILES string of the molecule is Cc1cc(C)c(N2c3ccc(-c4nc5ccccc5n4-c4ccccc4)[c-]c3B(c3[c-]c(-c4cc(C(C)(C)C)ccn4)ccc3)c3ccccc32)c(C)c1.[Pt+2]. The van der Waals surface area contributed by atoms with E-state index >= 15 is 0 Å². The number of aromatic nitrogens is 3. The van der Waals surface area contributed by atoms with Crippen LogP contribution >= 0.6 is 0 Å². The van der Waals surface area contributed by atoms with Crippen LogP contribution in [-0.2, 0) is 26.5 Å². The minimum Gasteiger partial charge on any atom is -0.352 e. The molecule has 2 aromatic heterocycles. The van der Waals surface area contributed by atoms with Gasteiger partial charge in [0.1, 0.15) is 0 Å². The van der Waals surface area contributed by atoms with Gasteiger partial charge in [-0.2, -0.15) is 5.46 Å². The Bertz CT molecular complexity index is 2690. The molecule has 0 unspecified atom stereocenters. The van der Waals surface area contributed by atoms with Gasteiger partial charge in [-0.3, -0.25) is 4.98 Å². The Morgan fingerprint density at radius 1 is 0.655 bits per heavy atom. The first-order valence-corrected chi connectivity index (χ1v) is 18.7. The minimum absolute atomic E-state index is 0. The summed E-state index contributed by atoms with van der Waals surface area (Å²) in [6.45, 7) is 13.2. The van der Waals surface area contributed by atoms with Crippen LogP contribution in [0.15, 0.2) is 140 Å². The Morgan fingerprint density at radius 2 is 1.38 bits per heavy atom. The quantitative estimate of drug-likeness (QED) is 0.128. The standard InChI is InChI=1S/C49H41BN4.Pt/c1-32-27-33(2)47(34(3)28-32)54-44-21-12-10-19-40(44)50(38-16-14-15-35(29-38)43-31-37(25-26-51-43)49(4,5)6)41-30-36(23-24-45(41)54)48-52-42-20-11-13-22-46(42)53(48)39-17-8-7-9-18-39;/h7-28,31H,1-6H3;/q-2;+2. The summed E-state index contributed by atoms with van der Waals surface area (Å²) in [7, 11) is 0. The molecule has 8 aromatic rings. The Kier molecular flexibility index (Phi) is 9.47. The van der Waals surface area contributed by atoms with Gasteiger partial charge >= 0.3 is 21.1 Å². The van der Waals surface area contributed by atoms with Crippen LogP contribution in [0.25, 0.3) is 39.4 Å². The summed E-state index contributed by atoms with van der Waals surface area (Å²) >= 11 is 0. The van der Waals surface area contributed by atoms with Crippen LogP contribution in [0.2, 0.25) is 0 Å². The van der Waals surface area contributed by atoms with Gasteiger partial charge < -0.3 is 14.5 Å². The molecule has 0 spiro atoms. The van der Waals surface area contributed by atoms with Crippen molar-refractivity contribution in [2.75, 3.05) is 4.90 Å². The number of aryl methyl sites for hydroxylation is 3. The fourth-order valence-corrected chi connectivity index (χ4v) is 8.25. The second kappa shape index (κ2) is 14.3. The number of pyridine rings is 1. The first-order valence-electron chi connectivity index (χ1n) is 18.7. The number of para-hydroxylation sites is 4. The molecular formula is C49H41BN4Pt. The maximum absolute atomic E-state index is 5.25. The molecule has 0 saturated carbocycles. The number of nitrogens with zero attached hydrogens (tertiary/aromatic N) is 4. The van der Waals surface area contributed by atoms with Crippen LogP contribution in [-0.4, -0.2) is 21.2 Å². The van der Waals surface area contributed by atoms with Crippen molar-refractivity contribution in [2.24, 2.45) is 0 Å². The van der Waals surface area contributed by atoms with E-state index in [-0.39, 0.29) is 33.2 Å². The Labute approximate surface area is 339 Å². The van der Waals surface area contributed by atoms with Crippen molar-refractivity contribution < 1.29 is 21.1 Å². The van der Waals surface area contributed by atoms with Gasteiger partial charge in [0, 0.05) is 23.3 Å². The third-order valence-corrected chi connectivity index (χ3v) is 10.7. The van der Waals surface area contributed by atoms with E-state index in [9.17, 15) is 0 Å². The molecule has 6 aromatic carbocycles. The van der Waals surface area contributed by atoms with Gasteiger partial charge in [-0.1, -0.05) is 93.1 Å². The summed E-state index contributed by atoms with van der Waals surface area (Å²) in [6, 6.07) is 55.4. The van der Waals surface area contributed by atoms with Crippen LogP contribution in [0.5, 0.6) is 0 Å². The van der Waals surface area contributed by atoms with Gasteiger partial charge in [-0.25, -0.2) is 0 Å². The molecule has 9 rings (SSSR count). The molecule has 0 saturated heterocycles. The zero-order chi connectivity index (χ0) is 37.1. The van der Waals surface area contributed by atoms with Gasteiger partial charge in [0.2, 0.25) is 6.71 Å². The number of anilines is 3. The summed E-state index contributed by atoms with van der Waals surface area (Å²) in [5.41, 5.74) is 17.7. The van der Waals surface area contributed by atoms with Gasteiger partial charge in [-0.05, 0) is 96.1 Å². The zero-order valence-corrected chi connectivity index (χ0v) is 34.2. The third kappa shape index (κ3) is 6.45. The molecule has 1 aliphatic heterocycles. The number of hydrogen-bond acceptors (Lipinski definition) is 3. The topological polar surface area (TPSA) is 34.0 Å². The second-order valence-electron chi connectivity index (χ2n) is 15.5. The molecule has 4 nitrogen and oxygen atoms in total. The van der Waals surface area contributed by atoms with Crippen molar-refractivity contribution >= 4 is 51.2 Å². The van der Waals surface area contributed by atoms with Crippen LogP contribution in [0.1, 0.15) is 43.0 Å². The molecule has 1 aliphatic rings. The fourth-order valence-electron chi connectivity index (χ4n) is 8.25. The maximum Gasteiger partial charge on any atom is 2.00 e. The molecule has 0 fully saturated rings. The molecule has 0 radical (unpaired) electrons. The molecule has 0 N–H and O–H groups in total. The Morgan fingerprint density at radius 3 is 2.16 bits per heavy atom. The van der Waals surface area contributed by atoms with Crippen molar-refractivity contribution in [3.63, 3.8) is 0 Å². The molecule has 270 valence electrons.